The van der Waals surface area contributed by atoms with Gasteiger partial charge in [0.25, 0.3) is 17.5 Å². The summed E-state index contributed by atoms with van der Waals surface area (Å²) in [5.74, 6) is -0.698. The highest BCUT2D eigenvalue weighted by Crippen LogP contribution is 2.21. The minimum absolute atomic E-state index is 0.0730. The van der Waals surface area contributed by atoms with E-state index in [-0.39, 0.29) is 12.3 Å². The summed E-state index contributed by atoms with van der Waals surface area (Å²) >= 11 is 4.46. The molecule has 2 aromatic rings. The molecule has 0 spiro atoms. The molecule has 2 rings (SSSR count). The number of nitro groups is 1. The Balaban J connectivity index is 1.76. The smallest absolute Gasteiger partial charge is 0.279 e. The number of amides is 2. The summed E-state index contributed by atoms with van der Waals surface area (Å²) in [6.45, 7) is -0.341. The van der Waals surface area contributed by atoms with Gasteiger partial charge in [-0.15, -0.1) is 11.3 Å². The first kappa shape index (κ1) is 16.9. The summed E-state index contributed by atoms with van der Waals surface area (Å²) in [6, 6.07) is 8.64. The molecule has 120 valence electrons. The number of ether oxygens (including phenoxy) is 1. The predicted molar refractivity (Wildman–Crippen MR) is 86.2 cm³/mol. The number of benzene rings is 1. The lowest BCUT2D eigenvalue weighted by Crippen LogP contribution is -2.43. The van der Waals surface area contributed by atoms with Gasteiger partial charge in [0, 0.05) is 12.1 Å². The normalized spacial score (nSPS) is 9.96. The van der Waals surface area contributed by atoms with Crippen LogP contribution in [0.3, 0.4) is 0 Å². The quantitative estimate of drug-likeness (QED) is 0.591. The van der Waals surface area contributed by atoms with Crippen molar-refractivity contribution >= 4 is 44.8 Å². The number of nitro benzene ring substituents is 1. The fourth-order valence-corrected chi connectivity index (χ4v) is 2.75. The topological polar surface area (TPSA) is 111 Å². The van der Waals surface area contributed by atoms with Crippen LogP contribution in [0.1, 0.15) is 9.67 Å². The van der Waals surface area contributed by atoms with E-state index in [1.807, 2.05) is 0 Å². The fraction of sp³-hybridized carbons (Fsp3) is 0.0769. The highest BCUT2D eigenvalue weighted by molar-refractivity contribution is 9.11. The van der Waals surface area contributed by atoms with Crippen molar-refractivity contribution in [2.45, 2.75) is 0 Å². The number of hydrogen-bond acceptors (Lipinski definition) is 6. The highest BCUT2D eigenvalue weighted by atomic mass is 79.9. The Morgan fingerprint density at radius 1 is 1.17 bits per heavy atom. The lowest BCUT2D eigenvalue weighted by atomic mass is 10.3. The van der Waals surface area contributed by atoms with Crippen molar-refractivity contribution in [1.82, 2.24) is 10.9 Å². The maximum Gasteiger partial charge on any atom is 0.279 e. The third-order valence-corrected chi connectivity index (χ3v) is 4.15. The summed E-state index contributed by atoms with van der Waals surface area (Å²) < 4.78 is 5.96. The number of hydrazine groups is 1. The van der Waals surface area contributed by atoms with Gasteiger partial charge in [0.15, 0.2) is 6.61 Å². The fourth-order valence-electron chi connectivity index (χ4n) is 1.47. The predicted octanol–water partition coefficient (Wildman–Crippen LogP) is 2.26. The highest BCUT2D eigenvalue weighted by Gasteiger charge is 2.10. The van der Waals surface area contributed by atoms with Crippen LogP contribution in [0, 0.1) is 10.1 Å². The van der Waals surface area contributed by atoms with Gasteiger partial charge in [0.1, 0.15) is 5.75 Å². The third-order valence-electron chi connectivity index (χ3n) is 2.53. The van der Waals surface area contributed by atoms with E-state index in [4.69, 9.17) is 4.74 Å². The zero-order chi connectivity index (χ0) is 16.8. The van der Waals surface area contributed by atoms with Crippen LogP contribution in [-0.4, -0.2) is 23.3 Å². The molecule has 0 radical (unpaired) electrons. The van der Waals surface area contributed by atoms with Gasteiger partial charge in [-0.3, -0.25) is 30.6 Å². The molecule has 0 unspecified atom stereocenters. The van der Waals surface area contributed by atoms with Crippen molar-refractivity contribution in [1.29, 1.82) is 0 Å². The van der Waals surface area contributed by atoms with Crippen molar-refractivity contribution in [2.24, 2.45) is 0 Å². The molecule has 8 nitrogen and oxygen atoms in total. The van der Waals surface area contributed by atoms with Crippen LogP contribution in [0.25, 0.3) is 0 Å². The van der Waals surface area contributed by atoms with E-state index in [0.29, 0.717) is 10.6 Å². The molecule has 1 aromatic heterocycles. The second kappa shape index (κ2) is 7.70. The monoisotopic (exact) mass is 399 g/mol. The standard InChI is InChI=1S/C13H10BrN3O5S/c14-11-6-5-10(23-11)13(19)16-15-12(18)7-22-9-3-1-8(2-4-9)17(20)21/h1-6H,7H2,(H,15,18)(H,16,19). The number of carbonyl (C=O) groups excluding carboxylic acids is 2. The number of carbonyl (C=O) groups is 2. The summed E-state index contributed by atoms with van der Waals surface area (Å²) in [5, 5.41) is 10.5. The van der Waals surface area contributed by atoms with Crippen molar-refractivity contribution < 1.29 is 19.2 Å². The molecular formula is C13H10BrN3O5S. The lowest BCUT2D eigenvalue weighted by Gasteiger charge is -2.08. The number of thiophene rings is 1. The average Bonchev–Trinajstić information content (AvgIpc) is 2.97. The van der Waals surface area contributed by atoms with E-state index >= 15 is 0 Å². The Labute approximate surface area is 142 Å². The van der Waals surface area contributed by atoms with Crippen molar-refractivity contribution in [3.05, 3.63) is 55.2 Å². The molecule has 2 N–H and O–H groups in total. The Morgan fingerprint density at radius 2 is 1.87 bits per heavy atom. The van der Waals surface area contributed by atoms with Crippen LogP contribution in [-0.2, 0) is 4.79 Å². The van der Waals surface area contributed by atoms with Gasteiger partial charge in [-0.05, 0) is 40.2 Å². The molecule has 0 aliphatic rings. The van der Waals surface area contributed by atoms with Gasteiger partial charge in [-0.2, -0.15) is 0 Å². The number of nitrogens with one attached hydrogen (secondary N) is 2. The second-order valence-corrected chi connectivity index (χ2v) is 6.61. The molecule has 0 aliphatic heterocycles. The number of rotatable bonds is 5. The molecule has 10 heteroatoms. The number of hydrogen-bond donors (Lipinski definition) is 2. The minimum atomic E-state index is -0.563. The van der Waals surface area contributed by atoms with Crippen LogP contribution in [0.5, 0.6) is 5.75 Å². The summed E-state index contributed by atoms with van der Waals surface area (Å²) in [7, 11) is 0. The molecule has 0 saturated carbocycles. The first-order valence-electron chi connectivity index (χ1n) is 6.17. The Bertz CT molecular complexity index is 731. The van der Waals surface area contributed by atoms with Gasteiger partial charge in [0.2, 0.25) is 0 Å². The SMILES string of the molecule is O=C(COc1ccc([N+](=O)[O-])cc1)NNC(=O)c1ccc(Br)s1. The van der Waals surface area contributed by atoms with Crippen LogP contribution < -0.4 is 15.6 Å². The van der Waals surface area contributed by atoms with E-state index < -0.39 is 16.7 Å². The molecule has 0 saturated heterocycles. The van der Waals surface area contributed by atoms with Gasteiger partial charge >= 0.3 is 0 Å². The second-order valence-electron chi connectivity index (χ2n) is 4.15. The van der Waals surface area contributed by atoms with E-state index in [9.17, 15) is 19.7 Å². The van der Waals surface area contributed by atoms with Gasteiger partial charge in [-0.25, -0.2) is 0 Å². The number of nitrogens with zero attached hydrogens (tertiary/aromatic N) is 1. The average molecular weight is 400 g/mol. The van der Waals surface area contributed by atoms with Gasteiger partial charge in [-0.1, -0.05) is 0 Å². The van der Waals surface area contributed by atoms with E-state index in [2.05, 4.69) is 26.8 Å². The van der Waals surface area contributed by atoms with Gasteiger partial charge < -0.3 is 4.74 Å². The van der Waals surface area contributed by atoms with E-state index in [1.54, 1.807) is 12.1 Å². The zero-order valence-electron chi connectivity index (χ0n) is 11.4. The molecule has 1 heterocycles. The van der Waals surface area contributed by atoms with Crippen molar-refractivity contribution in [3.8, 4) is 5.75 Å². The summed E-state index contributed by atoms with van der Waals surface area (Å²) in [4.78, 5) is 33.7. The summed E-state index contributed by atoms with van der Waals surface area (Å²) in [6.07, 6.45) is 0. The Morgan fingerprint density at radius 3 is 2.43 bits per heavy atom. The maximum absolute atomic E-state index is 11.7. The molecule has 23 heavy (non-hydrogen) atoms. The molecule has 2 amide bonds. The first-order chi connectivity index (χ1) is 11.0. The zero-order valence-corrected chi connectivity index (χ0v) is 13.8. The van der Waals surface area contributed by atoms with Crippen molar-refractivity contribution in [3.63, 3.8) is 0 Å². The largest absolute Gasteiger partial charge is 0.484 e. The number of non-ortho nitro benzene ring substituents is 1. The van der Waals surface area contributed by atoms with Crippen molar-refractivity contribution in [2.75, 3.05) is 6.61 Å². The van der Waals surface area contributed by atoms with E-state index in [0.717, 1.165) is 3.79 Å². The van der Waals surface area contributed by atoms with Crippen LogP contribution >= 0.6 is 27.3 Å². The molecule has 0 bridgehead atoms. The third kappa shape index (κ3) is 5.04. The van der Waals surface area contributed by atoms with Crippen LogP contribution in [0.2, 0.25) is 0 Å². The first-order valence-corrected chi connectivity index (χ1v) is 7.78. The van der Waals surface area contributed by atoms with E-state index in [1.165, 1.54) is 35.6 Å². The molecule has 0 atom stereocenters. The van der Waals surface area contributed by atoms with Crippen LogP contribution in [0.15, 0.2) is 40.2 Å². The Kier molecular flexibility index (Phi) is 5.66. The molecule has 0 aliphatic carbocycles. The molecular weight excluding hydrogens is 390 g/mol. The van der Waals surface area contributed by atoms with Crippen LogP contribution in [0.4, 0.5) is 5.69 Å². The Hall–Kier alpha value is -2.46. The molecule has 0 fully saturated rings. The summed E-state index contributed by atoms with van der Waals surface area (Å²) in [5.41, 5.74) is 4.39. The minimum Gasteiger partial charge on any atom is -0.484 e. The van der Waals surface area contributed by atoms with Gasteiger partial charge in [0.05, 0.1) is 13.6 Å². The maximum atomic E-state index is 11.7. The number of halogens is 1. The molecule has 1 aromatic carbocycles. The lowest BCUT2D eigenvalue weighted by molar-refractivity contribution is -0.384.